The Morgan fingerprint density at radius 3 is 2.79 bits per heavy atom. The second-order valence-corrected chi connectivity index (χ2v) is 6.16. The molecule has 0 fully saturated rings. The summed E-state index contributed by atoms with van der Waals surface area (Å²) in [6.45, 7) is 0.751. The van der Waals surface area contributed by atoms with Gasteiger partial charge in [0.1, 0.15) is 4.90 Å². The molecule has 0 unspecified atom stereocenters. The van der Waals surface area contributed by atoms with Crippen molar-refractivity contribution >= 4 is 15.7 Å². The largest absolute Gasteiger partial charge is 0.305 e. The van der Waals surface area contributed by atoms with Gasteiger partial charge in [0, 0.05) is 18.4 Å². The van der Waals surface area contributed by atoms with Gasteiger partial charge in [-0.05, 0) is 31.8 Å². The third-order valence-corrected chi connectivity index (χ3v) is 3.81. The average molecular weight is 280 g/mol. The van der Waals surface area contributed by atoms with Gasteiger partial charge in [-0.2, -0.15) is 5.10 Å². The van der Waals surface area contributed by atoms with E-state index in [2.05, 4.69) is 14.9 Å². The maximum absolute atomic E-state index is 12.0. The molecule has 7 heteroatoms. The van der Waals surface area contributed by atoms with Gasteiger partial charge in [-0.25, -0.2) is 8.42 Å². The van der Waals surface area contributed by atoms with Crippen LogP contribution in [0.2, 0.25) is 0 Å². The van der Waals surface area contributed by atoms with Crippen molar-refractivity contribution in [2.75, 3.05) is 18.8 Å². The van der Waals surface area contributed by atoms with Crippen LogP contribution in [0.3, 0.4) is 0 Å². The quantitative estimate of drug-likeness (QED) is 0.864. The average Bonchev–Trinajstić information content (AvgIpc) is 2.81. The van der Waals surface area contributed by atoms with Crippen LogP contribution in [0.15, 0.2) is 41.6 Å². The highest BCUT2D eigenvalue weighted by Crippen LogP contribution is 2.16. The van der Waals surface area contributed by atoms with E-state index in [4.69, 9.17) is 0 Å². The normalized spacial score (nSPS) is 11.7. The fraction of sp³-hybridized carbons (Fsp3) is 0.250. The van der Waals surface area contributed by atoms with Crippen molar-refractivity contribution in [2.24, 2.45) is 0 Å². The van der Waals surface area contributed by atoms with Gasteiger partial charge in [0.25, 0.3) is 10.0 Å². The third-order valence-electron chi connectivity index (χ3n) is 2.46. The number of H-pyrrole nitrogens is 1. The highest BCUT2D eigenvalue weighted by molar-refractivity contribution is 7.92. The number of aromatic amines is 1. The third kappa shape index (κ3) is 3.55. The fourth-order valence-corrected chi connectivity index (χ4v) is 2.65. The lowest BCUT2D eigenvalue weighted by atomic mass is 10.2. The zero-order valence-corrected chi connectivity index (χ0v) is 11.6. The van der Waals surface area contributed by atoms with Crippen molar-refractivity contribution in [2.45, 2.75) is 11.4 Å². The van der Waals surface area contributed by atoms with Crippen LogP contribution in [0.25, 0.3) is 0 Å². The highest BCUT2D eigenvalue weighted by Gasteiger charge is 2.15. The molecular weight excluding hydrogens is 264 g/mol. The van der Waals surface area contributed by atoms with Gasteiger partial charge in [0.05, 0.1) is 6.20 Å². The molecule has 1 aromatic heterocycles. The van der Waals surface area contributed by atoms with E-state index in [9.17, 15) is 8.42 Å². The summed E-state index contributed by atoms with van der Waals surface area (Å²) in [5, 5.41) is 6.12. The molecule has 1 aromatic carbocycles. The summed E-state index contributed by atoms with van der Waals surface area (Å²) in [6, 6.07) is 7.32. The van der Waals surface area contributed by atoms with Crippen LogP contribution in [0.5, 0.6) is 0 Å². The summed E-state index contributed by atoms with van der Waals surface area (Å²) in [5.74, 6) is 0. The summed E-state index contributed by atoms with van der Waals surface area (Å²) >= 11 is 0. The van der Waals surface area contributed by atoms with Crippen LogP contribution >= 0.6 is 0 Å². The Balaban J connectivity index is 2.20. The molecule has 2 aromatic rings. The number of benzene rings is 1. The molecule has 102 valence electrons. The predicted octanol–water partition coefficient (Wildman–Crippen LogP) is 1.27. The van der Waals surface area contributed by atoms with E-state index in [1.54, 1.807) is 6.07 Å². The van der Waals surface area contributed by atoms with Crippen molar-refractivity contribution in [3.63, 3.8) is 0 Å². The summed E-state index contributed by atoms with van der Waals surface area (Å²) in [6.07, 6.45) is 2.61. The number of hydrogen-bond acceptors (Lipinski definition) is 4. The Morgan fingerprint density at radius 1 is 1.37 bits per heavy atom. The number of aromatic nitrogens is 2. The first-order valence-corrected chi connectivity index (χ1v) is 7.21. The maximum Gasteiger partial charge on any atom is 0.265 e. The van der Waals surface area contributed by atoms with Crippen molar-refractivity contribution in [1.82, 2.24) is 15.1 Å². The van der Waals surface area contributed by atoms with E-state index in [-0.39, 0.29) is 4.90 Å². The zero-order chi connectivity index (χ0) is 13.9. The molecule has 6 nitrogen and oxygen atoms in total. The van der Waals surface area contributed by atoms with Crippen LogP contribution in [0, 0.1) is 0 Å². The first-order chi connectivity index (χ1) is 8.97. The monoisotopic (exact) mass is 280 g/mol. The summed E-state index contributed by atoms with van der Waals surface area (Å²) in [5.41, 5.74) is 1.58. The number of nitrogens with zero attached hydrogens (tertiary/aromatic N) is 2. The van der Waals surface area contributed by atoms with Gasteiger partial charge in [0.2, 0.25) is 0 Å². The van der Waals surface area contributed by atoms with Gasteiger partial charge in [-0.1, -0.05) is 12.1 Å². The molecule has 0 amide bonds. The first-order valence-electron chi connectivity index (χ1n) is 5.72. The van der Waals surface area contributed by atoms with Crippen molar-refractivity contribution in [3.8, 4) is 0 Å². The van der Waals surface area contributed by atoms with Crippen molar-refractivity contribution in [3.05, 3.63) is 42.2 Å². The van der Waals surface area contributed by atoms with Gasteiger partial charge in [-0.15, -0.1) is 0 Å². The van der Waals surface area contributed by atoms with E-state index in [1.165, 1.54) is 12.4 Å². The van der Waals surface area contributed by atoms with Gasteiger partial charge in [-0.3, -0.25) is 9.82 Å². The van der Waals surface area contributed by atoms with Crippen molar-refractivity contribution in [1.29, 1.82) is 0 Å². The van der Waals surface area contributed by atoms with Crippen molar-refractivity contribution < 1.29 is 8.42 Å². The molecular formula is C12H16N4O2S. The van der Waals surface area contributed by atoms with E-state index in [0.29, 0.717) is 5.69 Å². The van der Waals surface area contributed by atoms with E-state index in [1.807, 2.05) is 37.2 Å². The molecule has 0 aliphatic heterocycles. The second kappa shape index (κ2) is 5.41. The second-order valence-electron chi connectivity index (χ2n) is 4.48. The molecule has 2 N–H and O–H groups in total. The summed E-state index contributed by atoms with van der Waals surface area (Å²) < 4.78 is 26.6. The van der Waals surface area contributed by atoms with Crippen LogP contribution in [-0.2, 0) is 16.6 Å². The van der Waals surface area contributed by atoms with E-state index in [0.717, 1.165) is 12.1 Å². The minimum atomic E-state index is -3.57. The lowest BCUT2D eigenvalue weighted by Gasteiger charge is -2.11. The lowest BCUT2D eigenvalue weighted by Crippen LogP contribution is -2.13. The van der Waals surface area contributed by atoms with Crippen LogP contribution in [-0.4, -0.2) is 37.6 Å². The van der Waals surface area contributed by atoms with Crippen LogP contribution in [0.1, 0.15) is 5.56 Å². The number of anilines is 1. The standard InChI is InChI=1S/C12H16N4O2S/c1-16(2)9-10-4-3-5-11(6-10)15-19(17,18)12-7-13-14-8-12/h3-8,15H,9H2,1-2H3,(H,13,14). The summed E-state index contributed by atoms with van der Waals surface area (Å²) in [7, 11) is 0.349. The first kappa shape index (κ1) is 13.6. The Labute approximate surface area is 112 Å². The zero-order valence-electron chi connectivity index (χ0n) is 10.8. The number of sulfonamides is 1. The molecule has 0 aliphatic rings. The molecule has 0 radical (unpaired) electrons. The van der Waals surface area contributed by atoms with Crippen LogP contribution < -0.4 is 4.72 Å². The van der Waals surface area contributed by atoms with E-state index >= 15 is 0 Å². The molecule has 0 bridgehead atoms. The smallest absolute Gasteiger partial charge is 0.265 e. The Kier molecular flexibility index (Phi) is 3.87. The minimum Gasteiger partial charge on any atom is -0.305 e. The van der Waals surface area contributed by atoms with Crippen LogP contribution in [0.4, 0.5) is 5.69 Å². The molecule has 0 saturated heterocycles. The molecule has 19 heavy (non-hydrogen) atoms. The Hall–Kier alpha value is -1.86. The Morgan fingerprint density at radius 2 is 2.16 bits per heavy atom. The van der Waals surface area contributed by atoms with Gasteiger partial charge < -0.3 is 4.90 Å². The van der Waals surface area contributed by atoms with E-state index < -0.39 is 10.0 Å². The number of rotatable bonds is 5. The molecule has 2 rings (SSSR count). The molecule has 0 aliphatic carbocycles. The fourth-order valence-electron chi connectivity index (χ4n) is 1.70. The van der Waals surface area contributed by atoms with Gasteiger partial charge >= 0.3 is 0 Å². The predicted molar refractivity (Wildman–Crippen MR) is 73.2 cm³/mol. The molecule has 0 atom stereocenters. The number of hydrogen-bond donors (Lipinski definition) is 2. The topological polar surface area (TPSA) is 78.1 Å². The number of nitrogens with one attached hydrogen (secondary N) is 2. The Bertz CT molecular complexity index is 636. The maximum atomic E-state index is 12.0. The minimum absolute atomic E-state index is 0.116. The summed E-state index contributed by atoms with van der Waals surface area (Å²) in [4.78, 5) is 2.13. The molecule has 1 heterocycles. The molecule has 0 spiro atoms. The SMILES string of the molecule is CN(C)Cc1cccc(NS(=O)(=O)c2cn[nH]c2)c1. The highest BCUT2D eigenvalue weighted by atomic mass is 32.2. The molecule has 0 saturated carbocycles. The van der Waals surface area contributed by atoms with Gasteiger partial charge in [0.15, 0.2) is 0 Å². The lowest BCUT2D eigenvalue weighted by molar-refractivity contribution is 0.402.